The van der Waals surface area contributed by atoms with E-state index in [0.717, 1.165) is 16.3 Å². The Kier molecular flexibility index (Phi) is 6.57. The minimum atomic E-state index is -0.895. The number of hydrogen-bond donors (Lipinski definition) is 1. The van der Waals surface area contributed by atoms with E-state index >= 15 is 0 Å². The summed E-state index contributed by atoms with van der Waals surface area (Å²) >= 11 is 0. The first-order valence-electron chi connectivity index (χ1n) is 9.88. The molecule has 1 N–H and O–H groups in total. The Bertz CT molecular complexity index is 943. The van der Waals surface area contributed by atoms with Gasteiger partial charge in [-0.3, -0.25) is 0 Å². The van der Waals surface area contributed by atoms with Crippen molar-refractivity contribution in [2.75, 3.05) is 0 Å². The summed E-state index contributed by atoms with van der Waals surface area (Å²) in [5.41, 5.74) is 2.18. The number of hydroxylamine groups is 2. The van der Waals surface area contributed by atoms with Gasteiger partial charge < -0.3 is 4.74 Å². The molecule has 1 unspecified atom stereocenters. The zero-order valence-electron chi connectivity index (χ0n) is 18.9. The van der Waals surface area contributed by atoms with Crippen molar-refractivity contribution < 1.29 is 23.9 Å². The largest absolute Gasteiger partial charge is 0.490 e. The molecule has 2 rings (SSSR count). The van der Waals surface area contributed by atoms with Crippen molar-refractivity contribution in [2.24, 2.45) is 4.99 Å². The van der Waals surface area contributed by atoms with Gasteiger partial charge in [0.15, 0.2) is 11.6 Å². The molecule has 0 aliphatic carbocycles. The fraction of sp³-hybridized carbons (Fsp3) is 0.435. The molecule has 0 aliphatic heterocycles. The summed E-state index contributed by atoms with van der Waals surface area (Å²) in [5.74, 6) is 0. The van der Waals surface area contributed by atoms with Crippen LogP contribution in [0, 0.1) is 0 Å². The molecule has 0 saturated carbocycles. The third-order valence-corrected chi connectivity index (χ3v) is 4.81. The number of fused-ring (bicyclic) bond motifs is 1. The Morgan fingerprint density at radius 3 is 2.17 bits per heavy atom. The van der Waals surface area contributed by atoms with E-state index in [9.17, 15) is 9.59 Å². The summed E-state index contributed by atoms with van der Waals surface area (Å²) in [5, 5.41) is 2.13. The van der Waals surface area contributed by atoms with Gasteiger partial charge in [-0.2, -0.15) is 4.99 Å². The number of nitrogens with zero attached hydrogens (tertiary/aromatic N) is 2. The monoisotopic (exact) mass is 414 g/mol. The molecule has 2 aromatic rings. The zero-order chi connectivity index (χ0) is 22.7. The van der Waals surface area contributed by atoms with E-state index in [2.05, 4.69) is 17.1 Å². The molecule has 2 amide bonds. The van der Waals surface area contributed by atoms with Crippen molar-refractivity contribution in [2.45, 2.75) is 65.6 Å². The Balaban J connectivity index is 2.59. The second-order valence-electron chi connectivity index (χ2n) is 9.24. The molecule has 0 spiro atoms. The van der Waals surface area contributed by atoms with Crippen molar-refractivity contribution in [3.8, 4) is 0 Å². The molecule has 7 nitrogen and oxygen atoms in total. The summed E-state index contributed by atoms with van der Waals surface area (Å²) in [6, 6.07) is 13.5. The summed E-state index contributed by atoms with van der Waals surface area (Å²) in [6.45, 7) is 16.0. The maximum Gasteiger partial charge on any atom is 0.490 e. The highest BCUT2D eigenvalue weighted by Crippen LogP contribution is 2.37. The number of aliphatic imine (C=N–C) groups is 1. The number of amides is 2. The average molecular weight is 415 g/mol. The number of quaternary nitrogens is 1. The molecule has 2 aromatic carbocycles. The number of nitrogens with one attached hydrogen (secondary N) is 1. The Morgan fingerprint density at radius 1 is 1.03 bits per heavy atom. The van der Waals surface area contributed by atoms with E-state index < -0.39 is 34.1 Å². The van der Waals surface area contributed by atoms with Gasteiger partial charge in [-0.25, -0.2) is 14.4 Å². The minimum absolute atomic E-state index is 0.479. The molecular weight excluding hydrogens is 382 g/mol. The second-order valence-corrected chi connectivity index (χ2v) is 9.24. The van der Waals surface area contributed by atoms with Crippen LogP contribution in [0.4, 0.5) is 9.59 Å². The molecule has 0 radical (unpaired) electrons. The molecule has 162 valence electrons. The second kappa shape index (κ2) is 8.44. The van der Waals surface area contributed by atoms with Crippen molar-refractivity contribution in [1.29, 1.82) is 0 Å². The molecule has 0 heterocycles. The maximum absolute atomic E-state index is 12.8. The molecule has 0 bridgehead atoms. The fourth-order valence-electron chi connectivity index (χ4n) is 3.35. The van der Waals surface area contributed by atoms with Crippen molar-refractivity contribution in [1.82, 2.24) is 5.43 Å². The van der Waals surface area contributed by atoms with Gasteiger partial charge in [0.1, 0.15) is 5.60 Å². The smallest absolute Gasteiger partial charge is 0.441 e. The SMILES string of the molecule is C=NC(=O)O[N+](NC(=O)OC(C)(C)C)([C@H](C)c1ccc2ccccc2c1)C(C)(C)C. The summed E-state index contributed by atoms with van der Waals surface area (Å²) in [6.07, 6.45) is -1.60. The van der Waals surface area contributed by atoms with Crippen LogP contribution < -0.4 is 5.43 Å². The zero-order valence-corrected chi connectivity index (χ0v) is 18.9. The summed E-state index contributed by atoms with van der Waals surface area (Å²) in [7, 11) is 0. The van der Waals surface area contributed by atoms with Gasteiger partial charge in [0.2, 0.25) is 0 Å². The third-order valence-electron chi connectivity index (χ3n) is 4.81. The Hall–Kier alpha value is -2.93. The van der Waals surface area contributed by atoms with Gasteiger partial charge in [0.05, 0.1) is 0 Å². The normalized spacial score (nSPS) is 15.0. The van der Waals surface area contributed by atoms with Crippen LogP contribution in [0.2, 0.25) is 0 Å². The molecule has 0 aromatic heterocycles. The average Bonchev–Trinajstić information content (AvgIpc) is 2.63. The molecule has 0 fully saturated rings. The summed E-state index contributed by atoms with van der Waals surface area (Å²) in [4.78, 5) is 34.1. The van der Waals surface area contributed by atoms with Gasteiger partial charge in [-0.15, -0.1) is 5.43 Å². The predicted octanol–water partition coefficient (Wildman–Crippen LogP) is 5.71. The van der Waals surface area contributed by atoms with E-state index in [1.807, 2.05) is 70.2 Å². The molecule has 0 saturated heterocycles. The first kappa shape index (κ1) is 23.3. The first-order chi connectivity index (χ1) is 13.8. The van der Waals surface area contributed by atoms with E-state index in [4.69, 9.17) is 9.57 Å². The van der Waals surface area contributed by atoms with E-state index in [0.29, 0.717) is 0 Å². The highest BCUT2D eigenvalue weighted by Gasteiger charge is 2.54. The molecule has 2 atom stereocenters. The molecular formula is C23H32N3O4+. The molecule has 30 heavy (non-hydrogen) atoms. The van der Waals surface area contributed by atoms with Crippen molar-refractivity contribution in [3.05, 3.63) is 48.0 Å². The Morgan fingerprint density at radius 2 is 1.63 bits per heavy atom. The lowest BCUT2D eigenvalue weighted by molar-refractivity contribution is -1.17. The van der Waals surface area contributed by atoms with E-state index in [-0.39, 0.29) is 0 Å². The van der Waals surface area contributed by atoms with E-state index in [1.54, 1.807) is 20.8 Å². The van der Waals surface area contributed by atoms with E-state index in [1.165, 1.54) is 0 Å². The lowest BCUT2D eigenvalue weighted by Crippen LogP contribution is -2.70. The van der Waals surface area contributed by atoms with Gasteiger partial charge in [0.25, 0.3) is 0 Å². The van der Waals surface area contributed by atoms with Crippen molar-refractivity contribution in [3.63, 3.8) is 0 Å². The van der Waals surface area contributed by atoms with Gasteiger partial charge in [0, 0.05) is 5.56 Å². The standard InChI is InChI=1S/C23H31N3O4/c1-16(18-14-13-17-11-9-10-12-19(17)15-18)26(22(2,3)4,30-20(27)24-8)25-21(28)29-23(5,6)7/h9-16H,8H2,1-7H3/p+1/t16-,26?/m1/s1. The third kappa shape index (κ3) is 5.16. The van der Waals surface area contributed by atoms with Crippen LogP contribution in [0.25, 0.3) is 10.8 Å². The number of ether oxygens (including phenoxy) is 1. The Labute approximate surface area is 178 Å². The topological polar surface area (TPSA) is 77.0 Å². The molecule has 0 aliphatic rings. The van der Waals surface area contributed by atoms with Crippen LogP contribution in [0.3, 0.4) is 0 Å². The van der Waals surface area contributed by atoms with Crippen LogP contribution in [-0.4, -0.2) is 34.8 Å². The van der Waals surface area contributed by atoms with Crippen LogP contribution >= 0.6 is 0 Å². The number of carbonyl (C=O) groups excluding carboxylic acids is 2. The molecule has 7 heteroatoms. The number of benzene rings is 2. The fourth-order valence-corrected chi connectivity index (χ4v) is 3.35. The highest BCUT2D eigenvalue weighted by atomic mass is 16.8. The van der Waals surface area contributed by atoms with Crippen LogP contribution in [0.15, 0.2) is 47.5 Å². The number of carbonyl (C=O) groups is 2. The lowest BCUT2D eigenvalue weighted by atomic mass is 9.98. The van der Waals surface area contributed by atoms with Crippen LogP contribution in [0.5, 0.6) is 0 Å². The lowest BCUT2D eigenvalue weighted by Gasteiger charge is -2.45. The van der Waals surface area contributed by atoms with Gasteiger partial charge in [-0.1, -0.05) is 36.4 Å². The van der Waals surface area contributed by atoms with Crippen molar-refractivity contribution >= 4 is 29.7 Å². The predicted molar refractivity (Wildman–Crippen MR) is 118 cm³/mol. The number of hydrogen-bond acceptors (Lipinski definition) is 4. The number of rotatable bonds is 4. The summed E-state index contributed by atoms with van der Waals surface area (Å²) < 4.78 is 4.90. The maximum atomic E-state index is 12.8. The van der Waals surface area contributed by atoms with Crippen LogP contribution in [-0.2, 0) is 9.57 Å². The first-order valence-corrected chi connectivity index (χ1v) is 9.88. The highest BCUT2D eigenvalue weighted by molar-refractivity contribution is 5.83. The quantitative estimate of drug-likeness (QED) is 0.395. The van der Waals surface area contributed by atoms with Gasteiger partial charge >= 0.3 is 12.2 Å². The van der Waals surface area contributed by atoms with Crippen LogP contribution in [0.1, 0.15) is 60.1 Å². The minimum Gasteiger partial charge on any atom is -0.441 e. The van der Waals surface area contributed by atoms with Gasteiger partial charge in [-0.05, 0) is 76.8 Å².